The van der Waals surface area contributed by atoms with Crippen LogP contribution < -0.4 is 5.32 Å². The highest BCUT2D eigenvalue weighted by atomic mass is 32.2. The number of nitrogens with one attached hydrogen (secondary N) is 1. The molecule has 0 radical (unpaired) electrons. The number of hydrogen-bond acceptors (Lipinski definition) is 3. The molecule has 114 valence electrons. The number of likely N-dealkylation sites (tertiary alicyclic amines) is 1. The molecule has 0 saturated carbocycles. The van der Waals surface area contributed by atoms with Crippen LogP contribution in [0.1, 0.15) is 24.0 Å². The second-order valence-electron chi connectivity index (χ2n) is 6.28. The van der Waals surface area contributed by atoms with E-state index in [0.29, 0.717) is 6.54 Å². The average Bonchev–Trinajstić information content (AvgIpc) is 2.84. The molecule has 1 aromatic rings. The number of benzene rings is 1. The standard InChI is InChI=1S/C17H24N2OS/c1-21-10-4-8-19-9-7-17(13-19)11-14-5-2-3-6-15(14)12-18-16(17)20/h2-3,5-6H,4,7-13H2,1H3,(H,18,20). The third-order valence-corrected chi connectivity index (χ3v) is 5.52. The SMILES string of the molecule is CSCCCN1CCC2(Cc3ccccc3CNC2=O)C1. The number of hydrogen-bond donors (Lipinski definition) is 1. The molecule has 1 unspecified atom stereocenters. The maximum absolute atomic E-state index is 12.6. The Morgan fingerprint density at radius 3 is 2.95 bits per heavy atom. The number of thioether (sulfide) groups is 1. The molecule has 3 nitrogen and oxygen atoms in total. The fourth-order valence-electron chi connectivity index (χ4n) is 3.62. The molecule has 1 aromatic carbocycles. The van der Waals surface area contributed by atoms with Crippen LogP contribution in [0.2, 0.25) is 0 Å². The van der Waals surface area contributed by atoms with Crippen LogP contribution in [0.4, 0.5) is 0 Å². The predicted molar refractivity (Wildman–Crippen MR) is 88.5 cm³/mol. The molecule has 0 aliphatic carbocycles. The van der Waals surface area contributed by atoms with E-state index in [1.54, 1.807) is 0 Å². The molecule has 1 saturated heterocycles. The van der Waals surface area contributed by atoms with E-state index >= 15 is 0 Å². The van der Waals surface area contributed by atoms with Crippen LogP contribution in [-0.2, 0) is 17.8 Å². The van der Waals surface area contributed by atoms with Gasteiger partial charge in [-0.3, -0.25) is 4.79 Å². The molecular formula is C17H24N2OS. The molecular weight excluding hydrogens is 280 g/mol. The lowest BCUT2D eigenvalue weighted by molar-refractivity contribution is -0.130. The van der Waals surface area contributed by atoms with E-state index < -0.39 is 0 Å². The summed E-state index contributed by atoms with van der Waals surface area (Å²) < 4.78 is 0. The Labute approximate surface area is 131 Å². The van der Waals surface area contributed by atoms with E-state index in [1.807, 2.05) is 11.8 Å². The molecule has 1 amide bonds. The summed E-state index contributed by atoms with van der Waals surface area (Å²) in [6.45, 7) is 3.78. The normalized spacial score (nSPS) is 25.7. The van der Waals surface area contributed by atoms with Gasteiger partial charge in [0.2, 0.25) is 5.91 Å². The van der Waals surface area contributed by atoms with E-state index in [2.05, 4.69) is 40.7 Å². The van der Waals surface area contributed by atoms with Crippen LogP contribution in [-0.4, -0.2) is 42.4 Å². The van der Waals surface area contributed by atoms with Crippen LogP contribution in [0, 0.1) is 5.41 Å². The molecule has 0 aromatic heterocycles. The molecule has 2 aliphatic heterocycles. The van der Waals surface area contributed by atoms with Crippen LogP contribution >= 0.6 is 11.8 Å². The summed E-state index contributed by atoms with van der Waals surface area (Å²) >= 11 is 1.90. The van der Waals surface area contributed by atoms with Crippen LogP contribution in [0.3, 0.4) is 0 Å². The zero-order chi connectivity index (χ0) is 14.7. The molecule has 2 heterocycles. The maximum atomic E-state index is 12.6. The summed E-state index contributed by atoms with van der Waals surface area (Å²) in [5.74, 6) is 1.46. The van der Waals surface area contributed by atoms with E-state index in [9.17, 15) is 4.79 Å². The number of carbonyl (C=O) groups excluding carboxylic acids is 1. The molecule has 21 heavy (non-hydrogen) atoms. The minimum absolute atomic E-state index is 0.202. The lowest BCUT2D eigenvalue weighted by atomic mass is 9.80. The van der Waals surface area contributed by atoms with Crippen molar-refractivity contribution in [1.82, 2.24) is 10.2 Å². The average molecular weight is 304 g/mol. The Balaban J connectivity index is 1.73. The van der Waals surface area contributed by atoms with Crippen molar-refractivity contribution < 1.29 is 4.79 Å². The summed E-state index contributed by atoms with van der Waals surface area (Å²) in [6.07, 6.45) is 5.26. The highest BCUT2D eigenvalue weighted by molar-refractivity contribution is 7.98. The van der Waals surface area contributed by atoms with E-state index in [4.69, 9.17) is 0 Å². The molecule has 0 bridgehead atoms. The zero-order valence-corrected chi connectivity index (χ0v) is 13.5. The van der Waals surface area contributed by atoms with Gasteiger partial charge in [0.1, 0.15) is 0 Å². The highest BCUT2D eigenvalue weighted by Gasteiger charge is 2.45. The first-order chi connectivity index (χ1) is 10.2. The molecule has 1 N–H and O–H groups in total. The van der Waals surface area contributed by atoms with Gasteiger partial charge in [-0.25, -0.2) is 0 Å². The fraction of sp³-hybridized carbons (Fsp3) is 0.588. The fourth-order valence-corrected chi connectivity index (χ4v) is 4.04. The Morgan fingerprint density at radius 2 is 2.14 bits per heavy atom. The molecule has 1 fully saturated rings. The summed E-state index contributed by atoms with van der Waals surface area (Å²) in [4.78, 5) is 15.1. The summed E-state index contributed by atoms with van der Waals surface area (Å²) in [5, 5.41) is 3.15. The van der Waals surface area contributed by atoms with Crippen molar-refractivity contribution in [2.45, 2.75) is 25.8 Å². The molecule has 3 rings (SSSR count). The summed E-state index contributed by atoms with van der Waals surface area (Å²) in [7, 11) is 0. The monoisotopic (exact) mass is 304 g/mol. The maximum Gasteiger partial charge on any atom is 0.228 e. The zero-order valence-electron chi connectivity index (χ0n) is 12.7. The first-order valence-corrected chi connectivity index (χ1v) is 9.19. The molecule has 1 spiro atoms. The van der Waals surface area contributed by atoms with Crippen molar-refractivity contribution in [3.05, 3.63) is 35.4 Å². The third-order valence-electron chi connectivity index (χ3n) is 4.82. The van der Waals surface area contributed by atoms with Gasteiger partial charge in [0.15, 0.2) is 0 Å². The first kappa shape index (κ1) is 14.9. The van der Waals surface area contributed by atoms with Crippen molar-refractivity contribution in [3.63, 3.8) is 0 Å². The lowest BCUT2D eigenvalue weighted by Crippen LogP contribution is -2.42. The Bertz CT molecular complexity index is 519. The quantitative estimate of drug-likeness (QED) is 0.866. The lowest BCUT2D eigenvalue weighted by Gasteiger charge is -2.26. The Kier molecular flexibility index (Phi) is 4.55. The van der Waals surface area contributed by atoms with Crippen molar-refractivity contribution in [2.24, 2.45) is 5.41 Å². The van der Waals surface area contributed by atoms with Gasteiger partial charge in [0.05, 0.1) is 5.41 Å². The van der Waals surface area contributed by atoms with E-state index in [1.165, 1.54) is 23.3 Å². The van der Waals surface area contributed by atoms with Gasteiger partial charge >= 0.3 is 0 Å². The van der Waals surface area contributed by atoms with Crippen molar-refractivity contribution >= 4 is 17.7 Å². The van der Waals surface area contributed by atoms with Crippen LogP contribution in [0.5, 0.6) is 0 Å². The minimum atomic E-state index is -0.202. The van der Waals surface area contributed by atoms with Gasteiger partial charge < -0.3 is 10.2 Å². The van der Waals surface area contributed by atoms with Gasteiger partial charge in [-0.2, -0.15) is 11.8 Å². The van der Waals surface area contributed by atoms with E-state index in [0.717, 1.165) is 32.5 Å². The third kappa shape index (κ3) is 3.11. The number of rotatable bonds is 4. The second kappa shape index (κ2) is 6.41. The number of nitrogens with zero attached hydrogens (tertiary/aromatic N) is 1. The second-order valence-corrected chi connectivity index (χ2v) is 7.27. The van der Waals surface area contributed by atoms with Crippen molar-refractivity contribution in [1.29, 1.82) is 0 Å². The largest absolute Gasteiger partial charge is 0.351 e. The summed E-state index contributed by atoms with van der Waals surface area (Å²) in [5.41, 5.74) is 2.43. The molecule has 4 heteroatoms. The highest BCUT2D eigenvalue weighted by Crippen LogP contribution is 2.37. The van der Waals surface area contributed by atoms with Gasteiger partial charge in [0.25, 0.3) is 0 Å². The van der Waals surface area contributed by atoms with E-state index in [-0.39, 0.29) is 11.3 Å². The minimum Gasteiger partial charge on any atom is -0.351 e. The first-order valence-electron chi connectivity index (χ1n) is 7.80. The van der Waals surface area contributed by atoms with Crippen molar-refractivity contribution in [3.8, 4) is 0 Å². The topological polar surface area (TPSA) is 32.3 Å². The molecule has 2 aliphatic rings. The molecule has 1 atom stereocenters. The number of amides is 1. The van der Waals surface area contributed by atoms with Gasteiger partial charge in [0, 0.05) is 13.1 Å². The van der Waals surface area contributed by atoms with Gasteiger partial charge in [-0.1, -0.05) is 24.3 Å². The van der Waals surface area contributed by atoms with Crippen molar-refractivity contribution in [2.75, 3.05) is 31.6 Å². The van der Waals surface area contributed by atoms with Gasteiger partial charge in [-0.15, -0.1) is 0 Å². The Morgan fingerprint density at radius 1 is 1.33 bits per heavy atom. The van der Waals surface area contributed by atoms with Gasteiger partial charge in [-0.05, 0) is 55.5 Å². The Hall–Kier alpha value is -1.00. The number of fused-ring (bicyclic) bond motifs is 1. The summed E-state index contributed by atoms with van der Waals surface area (Å²) in [6, 6.07) is 8.48. The predicted octanol–water partition coefficient (Wildman–Crippen LogP) is 2.30. The smallest absolute Gasteiger partial charge is 0.228 e. The van der Waals surface area contributed by atoms with Crippen LogP contribution in [0.25, 0.3) is 0 Å². The van der Waals surface area contributed by atoms with Crippen LogP contribution in [0.15, 0.2) is 24.3 Å². The number of carbonyl (C=O) groups is 1.